The molecule has 1 unspecified atom stereocenters. The highest BCUT2D eigenvalue weighted by molar-refractivity contribution is 5.61. The number of hydrogen-bond acceptors (Lipinski definition) is 3. The molecular weight excluding hydrogens is 212 g/mol. The second-order valence-electron chi connectivity index (χ2n) is 5.60. The molecule has 1 atom stereocenters. The number of nitrogen functional groups attached to an aromatic ring is 1. The van der Waals surface area contributed by atoms with Crippen LogP contribution in [0, 0.1) is 11.3 Å². The molecule has 0 spiro atoms. The van der Waals surface area contributed by atoms with Gasteiger partial charge in [0.05, 0.1) is 12.8 Å². The first-order valence-electron chi connectivity index (χ1n) is 6.02. The molecule has 0 bridgehead atoms. The lowest BCUT2D eigenvalue weighted by Gasteiger charge is -2.27. The zero-order valence-corrected chi connectivity index (χ0v) is 11.5. The van der Waals surface area contributed by atoms with Gasteiger partial charge >= 0.3 is 0 Å². The van der Waals surface area contributed by atoms with Crippen molar-refractivity contribution in [3.63, 3.8) is 0 Å². The van der Waals surface area contributed by atoms with Crippen molar-refractivity contribution in [2.75, 3.05) is 24.7 Å². The van der Waals surface area contributed by atoms with E-state index in [1.807, 2.05) is 18.2 Å². The minimum Gasteiger partial charge on any atom is -0.495 e. The van der Waals surface area contributed by atoms with Crippen molar-refractivity contribution >= 4 is 11.4 Å². The molecule has 0 saturated carbocycles. The third kappa shape index (κ3) is 3.84. The van der Waals surface area contributed by atoms with Crippen molar-refractivity contribution in [1.29, 1.82) is 0 Å². The average molecular weight is 236 g/mol. The fourth-order valence-electron chi connectivity index (χ4n) is 1.40. The SMILES string of the molecule is COc1cc(NCC(C)C(C)(C)C)ccc1N. The highest BCUT2D eigenvalue weighted by Crippen LogP contribution is 2.28. The lowest BCUT2D eigenvalue weighted by atomic mass is 9.82. The molecule has 0 saturated heterocycles. The fourth-order valence-corrected chi connectivity index (χ4v) is 1.40. The molecule has 96 valence electrons. The van der Waals surface area contributed by atoms with Gasteiger partial charge in [-0.3, -0.25) is 0 Å². The van der Waals surface area contributed by atoms with Crippen LogP contribution in [-0.4, -0.2) is 13.7 Å². The number of nitrogens with two attached hydrogens (primary N) is 1. The summed E-state index contributed by atoms with van der Waals surface area (Å²) >= 11 is 0. The van der Waals surface area contributed by atoms with Crippen LogP contribution in [0.4, 0.5) is 11.4 Å². The zero-order valence-electron chi connectivity index (χ0n) is 11.5. The fraction of sp³-hybridized carbons (Fsp3) is 0.571. The van der Waals surface area contributed by atoms with Gasteiger partial charge in [-0.25, -0.2) is 0 Å². The molecule has 1 rings (SSSR count). The Labute approximate surface area is 104 Å². The first kappa shape index (κ1) is 13.7. The van der Waals surface area contributed by atoms with E-state index in [-0.39, 0.29) is 0 Å². The quantitative estimate of drug-likeness (QED) is 0.788. The van der Waals surface area contributed by atoms with Crippen LogP contribution in [0.15, 0.2) is 18.2 Å². The molecule has 3 N–H and O–H groups in total. The van der Waals surface area contributed by atoms with Crippen molar-refractivity contribution in [1.82, 2.24) is 0 Å². The molecule has 0 aromatic heterocycles. The number of nitrogens with one attached hydrogen (secondary N) is 1. The summed E-state index contributed by atoms with van der Waals surface area (Å²) in [7, 11) is 1.63. The molecule has 0 fully saturated rings. The lowest BCUT2D eigenvalue weighted by molar-refractivity contribution is 0.274. The van der Waals surface area contributed by atoms with Gasteiger partial charge in [0.2, 0.25) is 0 Å². The summed E-state index contributed by atoms with van der Waals surface area (Å²) in [6.07, 6.45) is 0. The Kier molecular flexibility index (Phi) is 4.27. The maximum atomic E-state index is 5.77. The van der Waals surface area contributed by atoms with Crippen LogP contribution in [-0.2, 0) is 0 Å². The van der Waals surface area contributed by atoms with E-state index in [1.165, 1.54) is 0 Å². The van der Waals surface area contributed by atoms with Crippen LogP contribution in [0.1, 0.15) is 27.7 Å². The van der Waals surface area contributed by atoms with Gasteiger partial charge in [0.25, 0.3) is 0 Å². The minimum atomic E-state index is 0.310. The van der Waals surface area contributed by atoms with Crippen molar-refractivity contribution < 1.29 is 4.74 Å². The Morgan fingerprint density at radius 1 is 1.35 bits per heavy atom. The zero-order chi connectivity index (χ0) is 13.1. The molecule has 0 aliphatic rings. The van der Waals surface area contributed by atoms with Crippen LogP contribution >= 0.6 is 0 Å². The molecule has 0 radical (unpaired) electrons. The highest BCUT2D eigenvalue weighted by Gasteiger charge is 2.19. The van der Waals surface area contributed by atoms with Crippen LogP contribution in [0.5, 0.6) is 5.75 Å². The van der Waals surface area contributed by atoms with Crippen LogP contribution in [0.3, 0.4) is 0 Å². The molecular formula is C14H24N2O. The third-order valence-corrected chi connectivity index (χ3v) is 3.32. The van der Waals surface area contributed by atoms with E-state index in [9.17, 15) is 0 Å². The number of methoxy groups -OCH3 is 1. The van der Waals surface area contributed by atoms with Crippen LogP contribution in [0.2, 0.25) is 0 Å². The first-order valence-corrected chi connectivity index (χ1v) is 6.02. The number of rotatable bonds is 4. The Hall–Kier alpha value is -1.38. The summed E-state index contributed by atoms with van der Waals surface area (Å²) in [5, 5.41) is 3.42. The van der Waals surface area contributed by atoms with Crippen molar-refractivity contribution in [3.05, 3.63) is 18.2 Å². The standard InChI is InChI=1S/C14H24N2O/c1-10(14(2,3)4)9-16-11-6-7-12(15)13(8-11)17-5/h6-8,10,16H,9,15H2,1-5H3. The number of anilines is 2. The summed E-state index contributed by atoms with van der Waals surface area (Å²) < 4.78 is 5.19. The maximum Gasteiger partial charge on any atom is 0.143 e. The van der Waals surface area contributed by atoms with Gasteiger partial charge < -0.3 is 15.8 Å². The molecule has 3 heteroatoms. The van der Waals surface area contributed by atoms with E-state index in [4.69, 9.17) is 10.5 Å². The average Bonchev–Trinajstić information content (AvgIpc) is 2.26. The van der Waals surface area contributed by atoms with E-state index in [1.54, 1.807) is 7.11 Å². The van der Waals surface area contributed by atoms with E-state index in [0.717, 1.165) is 18.0 Å². The van der Waals surface area contributed by atoms with Crippen molar-refractivity contribution in [3.8, 4) is 5.75 Å². The van der Waals surface area contributed by atoms with E-state index < -0.39 is 0 Å². The number of benzene rings is 1. The lowest BCUT2D eigenvalue weighted by Crippen LogP contribution is -2.24. The predicted octanol–water partition coefficient (Wildman–Crippen LogP) is 3.37. The van der Waals surface area contributed by atoms with E-state index in [0.29, 0.717) is 17.0 Å². The van der Waals surface area contributed by atoms with Gasteiger partial charge in [-0.1, -0.05) is 27.7 Å². The second kappa shape index (κ2) is 5.30. The van der Waals surface area contributed by atoms with Gasteiger partial charge in [0.1, 0.15) is 5.75 Å². The van der Waals surface area contributed by atoms with Crippen molar-refractivity contribution in [2.24, 2.45) is 11.3 Å². The van der Waals surface area contributed by atoms with Gasteiger partial charge in [0.15, 0.2) is 0 Å². The molecule has 17 heavy (non-hydrogen) atoms. The van der Waals surface area contributed by atoms with E-state index in [2.05, 4.69) is 33.0 Å². The van der Waals surface area contributed by atoms with Gasteiger partial charge in [-0.15, -0.1) is 0 Å². The normalized spacial score (nSPS) is 13.2. The number of hydrogen-bond donors (Lipinski definition) is 2. The van der Waals surface area contributed by atoms with Gasteiger partial charge in [-0.2, -0.15) is 0 Å². The molecule has 0 aliphatic heterocycles. The molecule has 0 heterocycles. The Bertz CT molecular complexity index is 369. The predicted molar refractivity (Wildman–Crippen MR) is 74.5 cm³/mol. The smallest absolute Gasteiger partial charge is 0.143 e. The van der Waals surface area contributed by atoms with Crippen molar-refractivity contribution in [2.45, 2.75) is 27.7 Å². The Morgan fingerprint density at radius 2 is 2.00 bits per heavy atom. The van der Waals surface area contributed by atoms with E-state index >= 15 is 0 Å². The maximum absolute atomic E-state index is 5.77. The van der Waals surface area contributed by atoms with Gasteiger partial charge in [0, 0.05) is 18.3 Å². The van der Waals surface area contributed by atoms with Crippen LogP contribution < -0.4 is 15.8 Å². The summed E-state index contributed by atoms with van der Waals surface area (Å²) in [6.45, 7) is 9.95. The molecule has 1 aromatic carbocycles. The largest absolute Gasteiger partial charge is 0.495 e. The summed E-state index contributed by atoms with van der Waals surface area (Å²) in [4.78, 5) is 0. The third-order valence-electron chi connectivity index (χ3n) is 3.32. The first-order chi connectivity index (χ1) is 7.84. The Balaban J connectivity index is 2.64. The summed E-state index contributed by atoms with van der Waals surface area (Å²) in [6, 6.07) is 5.78. The highest BCUT2D eigenvalue weighted by atomic mass is 16.5. The molecule has 1 aromatic rings. The number of ether oxygens (including phenoxy) is 1. The summed E-state index contributed by atoms with van der Waals surface area (Å²) in [5.74, 6) is 1.31. The van der Waals surface area contributed by atoms with Crippen LogP contribution in [0.25, 0.3) is 0 Å². The molecule has 0 aliphatic carbocycles. The summed E-state index contributed by atoms with van der Waals surface area (Å²) in [5.41, 5.74) is 7.80. The Morgan fingerprint density at radius 3 is 2.53 bits per heavy atom. The van der Waals surface area contributed by atoms with Gasteiger partial charge in [-0.05, 0) is 23.5 Å². The minimum absolute atomic E-state index is 0.310. The molecule has 3 nitrogen and oxygen atoms in total. The second-order valence-corrected chi connectivity index (χ2v) is 5.60. The monoisotopic (exact) mass is 236 g/mol. The topological polar surface area (TPSA) is 47.3 Å². The molecule has 0 amide bonds.